The van der Waals surface area contributed by atoms with Gasteiger partial charge >= 0.3 is 0 Å². The molecule has 0 aromatic carbocycles. The molecule has 7 heteroatoms. The van der Waals surface area contributed by atoms with Gasteiger partial charge in [-0.05, 0) is 31.6 Å². The highest BCUT2D eigenvalue weighted by Gasteiger charge is 2.35. The van der Waals surface area contributed by atoms with E-state index in [2.05, 4.69) is 4.72 Å². The molecule has 1 saturated heterocycles. The molecular weight excluding hydrogens is 300 g/mol. The number of carbonyl (C=O) groups is 1. The van der Waals surface area contributed by atoms with Crippen molar-refractivity contribution < 1.29 is 13.2 Å². The largest absolute Gasteiger partial charge is 0.342 e. The molecule has 1 heterocycles. The van der Waals surface area contributed by atoms with Crippen LogP contribution in [0, 0.1) is 11.8 Å². The van der Waals surface area contributed by atoms with E-state index in [9.17, 15) is 13.2 Å². The van der Waals surface area contributed by atoms with Gasteiger partial charge in [0, 0.05) is 30.9 Å². The molecular formula is C13H23ClN2O3S. The molecule has 0 aromatic heterocycles. The molecule has 0 radical (unpaired) electrons. The molecule has 1 saturated carbocycles. The lowest BCUT2D eigenvalue weighted by molar-refractivity contribution is -0.133. The Balaban J connectivity index is 1.77. The number of nitrogens with one attached hydrogen (secondary N) is 1. The Morgan fingerprint density at radius 1 is 1.30 bits per heavy atom. The van der Waals surface area contributed by atoms with Crippen LogP contribution >= 0.6 is 11.6 Å². The predicted octanol–water partition coefficient (Wildman–Crippen LogP) is 1.18. The third kappa shape index (κ3) is 4.60. The molecule has 5 nitrogen and oxygen atoms in total. The molecule has 1 unspecified atom stereocenters. The molecule has 2 fully saturated rings. The molecule has 1 N–H and O–H groups in total. The number of piperidine rings is 1. The summed E-state index contributed by atoms with van der Waals surface area (Å²) >= 11 is 5.65. The van der Waals surface area contributed by atoms with E-state index in [0.29, 0.717) is 31.8 Å². The number of hydrogen-bond donors (Lipinski definition) is 1. The minimum Gasteiger partial charge on any atom is -0.342 e. The summed E-state index contributed by atoms with van der Waals surface area (Å²) in [6, 6.07) is -0.0502. The van der Waals surface area contributed by atoms with Crippen molar-refractivity contribution in [3.63, 3.8) is 0 Å². The average Bonchev–Trinajstić information content (AvgIpc) is 3.22. The molecule has 1 aliphatic carbocycles. The lowest BCUT2D eigenvalue weighted by atomic mass is 10.1. The number of carbonyl (C=O) groups excluding carboxylic acids is 1. The summed E-state index contributed by atoms with van der Waals surface area (Å²) in [5.74, 6) is 0.855. The van der Waals surface area contributed by atoms with E-state index >= 15 is 0 Å². The fourth-order valence-corrected chi connectivity index (χ4v) is 4.47. The van der Waals surface area contributed by atoms with E-state index in [0.717, 1.165) is 12.8 Å². The van der Waals surface area contributed by atoms with Gasteiger partial charge in [0.05, 0.1) is 5.75 Å². The smallest absolute Gasteiger partial charge is 0.225 e. The van der Waals surface area contributed by atoms with Crippen molar-refractivity contribution >= 4 is 27.5 Å². The minimum absolute atomic E-state index is 0.0502. The van der Waals surface area contributed by atoms with Gasteiger partial charge < -0.3 is 4.90 Å². The summed E-state index contributed by atoms with van der Waals surface area (Å²) in [7, 11) is -3.27. The Labute approximate surface area is 126 Å². The zero-order chi connectivity index (χ0) is 14.8. The van der Waals surface area contributed by atoms with Crippen LogP contribution in [-0.4, -0.2) is 50.0 Å². The van der Waals surface area contributed by atoms with Crippen LogP contribution in [0.3, 0.4) is 0 Å². The van der Waals surface area contributed by atoms with Gasteiger partial charge in [-0.15, -0.1) is 11.6 Å². The SMILES string of the molecule is CC(CCl)CS(=O)(=O)NC1CCN(C(=O)C2CC2)CC1. The summed E-state index contributed by atoms with van der Waals surface area (Å²) in [5.41, 5.74) is 0. The van der Waals surface area contributed by atoms with Crippen LogP contribution in [0.15, 0.2) is 0 Å². The van der Waals surface area contributed by atoms with Crippen molar-refractivity contribution in [2.75, 3.05) is 24.7 Å². The summed E-state index contributed by atoms with van der Waals surface area (Å²) in [5, 5.41) is 0. The lowest BCUT2D eigenvalue weighted by Crippen LogP contribution is -2.47. The van der Waals surface area contributed by atoms with Crippen molar-refractivity contribution in [3.8, 4) is 0 Å². The molecule has 20 heavy (non-hydrogen) atoms. The van der Waals surface area contributed by atoms with E-state index < -0.39 is 10.0 Å². The summed E-state index contributed by atoms with van der Waals surface area (Å²) in [6.07, 6.45) is 3.43. The van der Waals surface area contributed by atoms with E-state index in [4.69, 9.17) is 11.6 Å². The first-order valence-electron chi connectivity index (χ1n) is 7.26. The maximum absolute atomic E-state index is 12.0. The van der Waals surface area contributed by atoms with Crippen molar-refractivity contribution in [2.45, 2.75) is 38.6 Å². The van der Waals surface area contributed by atoms with Crippen molar-refractivity contribution in [1.29, 1.82) is 0 Å². The molecule has 1 atom stereocenters. The third-order valence-corrected chi connectivity index (χ3v) is 6.07. The number of hydrogen-bond acceptors (Lipinski definition) is 3. The first-order valence-corrected chi connectivity index (χ1v) is 9.44. The number of nitrogens with zero attached hydrogens (tertiary/aromatic N) is 1. The minimum atomic E-state index is -3.27. The lowest BCUT2D eigenvalue weighted by Gasteiger charge is -2.32. The van der Waals surface area contributed by atoms with Crippen LogP contribution < -0.4 is 4.72 Å². The number of halogens is 1. The Bertz CT molecular complexity index is 443. The Hall–Kier alpha value is -0.330. The second kappa shape index (κ2) is 6.62. The van der Waals surface area contributed by atoms with Gasteiger partial charge in [-0.25, -0.2) is 13.1 Å². The molecule has 0 bridgehead atoms. The maximum Gasteiger partial charge on any atom is 0.225 e. The predicted molar refractivity (Wildman–Crippen MR) is 79.1 cm³/mol. The van der Waals surface area contributed by atoms with E-state index in [1.807, 2.05) is 11.8 Å². The van der Waals surface area contributed by atoms with Gasteiger partial charge in [0.1, 0.15) is 0 Å². The highest BCUT2D eigenvalue weighted by Crippen LogP contribution is 2.31. The highest BCUT2D eigenvalue weighted by molar-refractivity contribution is 7.89. The van der Waals surface area contributed by atoms with Crippen LogP contribution in [0.4, 0.5) is 0 Å². The van der Waals surface area contributed by atoms with Crippen LogP contribution in [-0.2, 0) is 14.8 Å². The van der Waals surface area contributed by atoms with Gasteiger partial charge in [-0.1, -0.05) is 6.92 Å². The van der Waals surface area contributed by atoms with E-state index in [-0.39, 0.29) is 29.5 Å². The molecule has 0 spiro atoms. The van der Waals surface area contributed by atoms with Crippen molar-refractivity contribution in [3.05, 3.63) is 0 Å². The fourth-order valence-electron chi connectivity index (χ4n) is 2.53. The quantitative estimate of drug-likeness (QED) is 0.747. The molecule has 1 amide bonds. The molecule has 116 valence electrons. The van der Waals surface area contributed by atoms with Gasteiger partial charge in [0.25, 0.3) is 0 Å². The van der Waals surface area contributed by atoms with E-state index in [1.165, 1.54) is 0 Å². The number of amides is 1. The maximum atomic E-state index is 12.0. The normalized spacial score (nSPS) is 22.8. The first kappa shape index (κ1) is 16.0. The van der Waals surface area contributed by atoms with Crippen LogP contribution in [0.2, 0.25) is 0 Å². The number of rotatable bonds is 6. The number of sulfonamides is 1. The number of alkyl halides is 1. The third-order valence-electron chi connectivity index (χ3n) is 3.85. The van der Waals surface area contributed by atoms with Crippen LogP contribution in [0.25, 0.3) is 0 Å². The molecule has 2 aliphatic rings. The standard InChI is InChI=1S/C13H23ClN2O3S/c1-10(8-14)9-20(18,19)15-12-4-6-16(7-5-12)13(17)11-2-3-11/h10-12,15H,2-9H2,1H3. The monoisotopic (exact) mass is 322 g/mol. The summed E-state index contributed by atoms with van der Waals surface area (Å²) < 4.78 is 26.6. The zero-order valence-corrected chi connectivity index (χ0v) is 13.4. The number of likely N-dealkylation sites (tertiary alicyclic amines) is 1. The van der Waals surface area contributed by atoms with E-state index in [1.54, 1.807) is 0 Å². The Morgan fingerprint density at radius 3 is 2.40 bits per heavy atom. The van der Waals surface area contributed by atoms with Crippen molar-refractivity contribution in [2.24, 2.45) is 11.8 Å². The second-order valence-electron chi connectivity index (χ2n) is 6.03. The molecule has 0 aromatic rings. The summed E-state index contributed by atoms with van der Waals surface area (Å²) in [6.45, 7) is 3.14. The van der Waals surface area contributed by atoms with Gasteiger partial charge in [0.15, 0.2) is 0 Å². The zero-order valence-electron chi connectivity index (χ0n) is 11.8. The Kier molecular flexibility index (Phi) is 5.31. The van der Waals surface area contributed by atoms with Gasteiger partial charge in [0.2, 0.25) is 15.9 Å². The second-order valence-corrected chi connectivity index (χ2v) is 8.14. The van der Waals surface area contributed by atoms with Crippen molar-refractivity contribution in [1.82, 2.24) is 9.62 Å². The van der Waals surface area contributed by atoms with Crippen LogP contribution in [0.5, 0.6) is 0 Å². The molecule has 2 rings (SSSR count). The van der Waals surface area contributed by atoms with Crippen LogP contribution in [0.1, 0.15) is 32.6 Å². The first-order chi connectivity index (χ1) is 9.41. The Morgan fingerprint density at radius 2 is 1.90 bits per heavy atom. The highest BCUT2D eigenvalue weighted by atomic mass is 35.5. The fraction of sp³-hybridized carbons (Fsp3) is 0.923. The van der Waals surface area contributed by atoms with Gasteiger partial charge in [-0.2, -0.15) is 0 Å². The molecule has 1 aliphatic heterocycles. The van der Waals surface area contributed by atoms with Gasteiger partial charge in [-0.3, -0.25) is 4.79 Å². The summed E-state index contributed by atoms with van der Waals surface area (Å²) in [4.78, 5) is 13.8. The topological polar surface area (TPSA) is 66.5 Å². The average molecular weight is 323 g/mol.